The van der Waals surface area contributed by atoms with Gasteiger partial charge >= 0.3 is 0 Å². The van der Waals surface area contributed by atoms with Crippen LogP contribution < -0.4 is 4.90 Å². The number of hydrogen-bond acceptors (Lipinski definition) is 10. The molecule has 0 amide bonds. The van der Waals surface area contributed by atoms with Crippen molar-refractivity contribution in [1.82, 2.24) is 30.1 Å². The molecule has 10 nitrogen and oxygen atoms in total. The van der Waals surface area contributed by atoms with Gasteiger partial charge in [-0.2, -0.15) is 5.10 Å². The molecule has 2 aliphatic heterocycles. The Morgan fingerprint density at radius 3 is 2.92 bits per heavy atom. The van der Waals surface area contributed by atoms with Crippen molar-refractivity contribution in [1.29, 1.82) is 0 Å². The summed E-state index contributed by atoms with van der Waals surface area (Å²) in [6, 6.07) is 8.21. The van der Waals surface area contributed by atoms with E-state index < -0.39 is 6.29 Å². The van der Waals surface area contributed by atoms with E-state index in [2.05, 4.69) is 44.9 Å². The van der Waals surface area contributed by atoms with Crippen molar-refractivity contribution in [2.75, 3.05) is 37.7 Å². The number of nitrogens with zero attached hydrogens (tertiary/aromatic N) is 7. The Morgan fingerprint density at radius 1 is 1.24 bits per heavy atom. The second-order valence-corrected chi connectivity index (χ2v) is 10.9. The van der Waals surface area contributed by atoms with Crippen LogP contribution in [0.2, 0.25) is 0 Å². The molecule has 0 bridgehead atoms. The van der Waals surface area contributed by atoms with Gasteiger partial charge in [-0.15, -0.1) is 11.3 Å². The number of anilines is 1. The van der Waals surface area contributed by atoms with Crippen LogP contribution in [0.1, 0.15) is 18.7 Å². The van der Waals surface area contributed by atoms with Crippen molar-refractivity contribution in [3.8, 4) is 11.4 Å². The van der Waals surface area contributed by atoms with Gasteiger partial charge < -0.3 is 9.64 Å². The van der Waals surface area contributed by atoms with E-state index >= 15 is 0 Å². The zero-order chi connectivity index (χ0) is 25.4. The fraction of sp³-hybridized carbons (Fsp3) is 0.385. The van der Waals surface area contributed by atoms with Crippen molar-refractivity contribution < 1.29 is 9.94 Å². The zero-order valence-electron chi connectivity index (χ0n) is 20.9. The van der Waals surface area contributed by atoms with Crippen molar-refractivity contribution >= 4 is 44.5 Å². The smallest absolute Gasteiger partial charge is 0.201 e. The number of thiophene rings is 1. The summed E-state index contributed by atoms with van der Waals surface area (Å²) in [4.78, 5) is 20.3. The molecular formula is C26H30N8O2S. The third-order valence-electron chi connectivity index (χ3n) is 6.51. The lowest BCUT2D eigenvalue weighted by Gasteiger charge is -2.34. The second kappa shape index (κ2) is 10.2. The van der Waals surface area contributed by atoms with Crippen LogP contribution in [0.25, 0.3) is 32.5 Å². The largest absolute Gasteiger partial charge is 0.378 e. The van der Waals surface area contributed by atoms with Crippen LogP contribution >= 0.6 is 11.3 Å². The van der Waals surface area contributed by atoms with Crippen LogP contribution in [0, 0.1) is 5.92 Å². The van der Waals surface area contributed by atoms with E-state index in [1.165, 1.54) is 5.06 Å². The van der Waals surface area contributed by atoms with E-state index in [4.69, 9.17) is 14.7 Å². The molecule has 1 atom stereocenters. The number of rotatable bonds is 7. The Bertz CT molecular complexity index is 1460. The molecule has 0 spiro atoms. The predicted molar refractivity (Wildman–Crippen MR) is 146 cm³/mol. The molecule has 2 N–H and O–H groups in total. The molecule has 192 valence electrons. The first-order chi connectivity index (χ1) is 18.1. The summed E-state index contributed by atoms with van der Waals surface area (Å²) in [5.41, 5.74) is 2.83. The molecule has 1 fully saturated rings. The molecule has 0 saturated carbocycles. The van der Waals surface area contributed by atoms with Crippen LogP contribution in [-0.2, 0) is 11.3 Å². The number of hydroxylamine groups is 2. The van der Waals surface area contributed by atoms with E-state index in [1.54, 1.807) is 29.8 Å². The van der Waals surface area contributed by atoms with Crippen molar-refractivity contribution in [2.45, 2.75) is 26.7 Å². The number of allylic oxidation sites excluding steroid dienone is 1. The van der Waals surface area contributed by atoms with E-state index in [-0.39, 0.29) is 0 Å². The van der Waals surface area contributed by atoms with Crippen LogP contribution in [0.4, 0.5) is 5.82 Å². The van der Waals surface area contributed by atoms with Crippen LogP contribution in [0.3, 0.4) is 0 Å². The Hall–Kier alpha value is -3.38. The van der Waals surface area contributed by atoms with Crippen molar-refractivity contribution in [3.63, 3.8) is 0 Å². The molecule has 11 heteroatoms. The standard InChI is InChI=1S/C26H30N8O2S/c1-17(2)15-33(26-27-7-4-8-34(26)35)16-18-13-22-23(37-18)25(32-9-11-36-12-10-32)30-24(29-22)19-5-3-6-21-20(19)14-28-31-21/h3-8,13-14,17,26,35H,9-12,15-16H2,1-2H3,(H,28,31). The first-order valence-electron chi connectivity index (χ1n) is 12.5. The average molecular weight is 519 g/mol. The van der Waals surface area contributed by atoms with Crippen molar-refractivity contribution in [3.05, 3.63) is 47.6 Å². The maximum atomic E-state index is 10.5. The highest BCUT2D eigenvalue weighted by molar-refractivity contribution is 7.19. The normalized spacial score (nSPS) is 18.2. The minimum atomic E-state index is -0.461. The predicted octanol–water partition coefficient (Wildman–Crippen LogP) is 4.10. The summed E-state index contributed by atoms with van der Waals surface area (Å²) >= 11 is 1.71. The van der Waals surface area contributed by atoms with Gasteiger partial charge in [-0.25, -0.2) is 15.0 Å². The van der Waals surface area contributed by atoms with Gasteiger partial charge in [0.1, 0.15) is 0 Å². The highest BCUT2D eigenvalue weighted by Crippen LogP contribution is 2.36. The molecule has 3 aromatic heterocycles. The number of aliphatic imine (C=N–C) groups is 1. The van der Waals surface area contributed by atoms with Gasteiger partial charge in [0.15, 0.2) is 11.6 Å². The molecule has 6 rings (SSSR count). The lowest BCUT2D eigenvalue weighted by Crippen LogP contribution is -2.45. The highest BCUT2D eigenvalue weighted by Gasteiger charge is 2.26. The van der Waals surface area contributed by atoms with Gasteiger partial charge in [0.25, 0.3) is 0 Å². The molecule has 1 unspecified atom stereocenters. The average Bonchev–Trinajstić information content (AvgIpc) is 3.55. The van der Waals surface area contributed by atoms with Gasteiger partial charge in [0, 0.05) is 54.4 Å². The second-order valence-electron chi connectivity index (χ2n) is 9.72. The first-order valence-corrected chi connectivity index (χ1v) is 13.4. The van der Waals surface area contributed by atoms with Gasteiger partial charge in [0.2, 0.25) is 6.29 Å². The minimum Gasteiger partial charge on any atom is -0.378 e. The topological polar surface area (TPSA) is 106 Å². The number of aromatic amines is 1. The summed E-state index contributed by atoms with van der Waals surface area (Å²) in [5, 5.41) is 19.9. The number of H-pyrrole nitrogens is 1. The van der Waals surface area contributed by atoms with Crippen molar-refractivity contribution in [2.24, 2.45) is 10.9 Å². The summed E-state index contributed by atoms with van der Waals surface area (Å²) in [6.07, 6.45) is 6.48. The molecular weight excluding hydrogens is 488 g/mol. The minimum absolute atomic E-state index is 0.412. The molecule has 37 heavy (non-hydrogen) atoms. The number of ether oxygens (including phenoxy) is 1. The Kier molecular flexibility index (Phi) is 6.59. The third kappa shape index (κ3) is 4.82. The van der Waals surface area contributed by atoms with E-state index in [0.717, 1.165) is 57.0 Å². The fourth-order valence-corrected chi connectivity index (χ4v) is 6.02. The first kappa shape index (κ1) is 24.0. The Morgan fingerprint density at radius 2 is 2.11 bits per heavy atom. The van der Waals surface area contributed by atoms with Crippen LogP contribution in [-0.4, -0.2) is 80.7 Å². The van der Waals surface area contributed by atoms with Crippen LogP contribution in [0.15, 0.2) is 47.7 Å². The molecule has 4 aromatic rings. The van der Waals surface area contributed by atoms with Gasteiger partial charge in [-0.1, -0.05) is 26.0 Å². The van der Waals surface area contributed by atoms with Crippen LogP contribution in [0.5, 0.6) is 0 Å². The summed E-state index contributed by atoms with van der Waals surface area (Å²) < 4.78 is 6.69. The summed E-state index contributed by atoms with van der Waals surface area (Å²) in [5.74, 6) is 2.04. The van der Waals surface area contributed by atoms with Gasteiger partial charge in [0.05, 0.1) is 35.1 Å². The monoisotopic (exact) mass is 518 g/mol. The summed E-state index contributed by atoms with van der Waals surface area (Å²) in [6.45, 7) is 8.71. The Labute approximate surface area is 218 Å². The molecule has 1 aromatic carbocycles. The molecule has 0 radical (unpaired) electrons. The number of nitrogens with one attached hydrogen (secondary N) is 1. The fourth-order valence-electron chi connectivity index (χ4n) is 4.89. The Balaban J connectivity index is 1.42. The maximum absolute atomic E-state index is 10.5. The molecule has 2 aliphatic rings. The van der Waals surface area contributed by atoms with Gasteiger partial charge in [-0.05, 0) is 24.1 Å². The number of benzene rings is 1. The lowest BCUT2D eigenvalue weighted by atomic mass is 10.1. The molecule has 0 aliphatic carbocycles. The van der Waals surface area contributed by atoms with E-state index in [9.17, 15) is 5.21 Å². The number of hydrogen-bond donors (Lipinski definition) is 2. The van der Waals surface area contributed by atoms with E-state index in [0.29, 0.717) is 31.5 Å². The molecule has 1 saturated heterocycles. The maximum Gasteiger partial charge on any atom is 0.201 e. The number of fused-ring (bicyclic) bond motifs is 2. The molecule has 5 heterocycles. The lowest BCUT2D eigenvalue weighted by molar-refractivity contribution is -0.134. The highest BCUT2D eigenvalue weighted by atomic mass is 32.1. The third-order valence-corrected chi connectivity index (χ3v) is 7.61. The SMILES string of the molecule is CC(C)CN(Cc1cc2nc(-c3cccc4[nH]ncc34)nc(N3CCOCC3)c2s1)C1N=CC=CN1O. The summed E-state index contributed by atoms with van der Waals surface area (Å²) in [7, 11) is 0. The van der Waals surface area contributed by atoms with Gasteiger partial charge in [-0.3, -0.25) is 20.2 Å². The zero-order valence-corrected chi connectivity index (χ0v) is 21.7. The van der Waals surface area contributed by atoms with E-state index in [1.807, 2.05) is 24.4 Å². The quantitative estimate of drug-likeness (QED) is 0.377. The number of aromatic nitrogens is 4. The number of morpholine rings is 1.